The Morgan fingerprint density at radius 2 is 1.53 bits per heavy atom. The number of aromatic amines is 1. The molecule has 1 heterocycles. The fourth-order valence-corrected chi connectivity index (χ4v) is 4.81. The number of nitrogens with one attached hydrogen (secondary N) is 2. The largest absolute Gasteiger partial charge is 0.493 e. The third-order valence-corrected chi connectivity index (χ3v) is 6.91. The van der Waals surface area contributed by atoms with E-state index in [1.54, 1.807) is 30.3 Å². The number of carbonyl (C=O) groups is 2. The molecule has 0 saturated carbocycles. The molecule has 5 rings (SSSR count). The number of H-pyrrole nitrogens is 1. The molecule has 226 valence electrons. The van der Waals surface area contributed by atoms with Gasteiger partial charge in [-0.2, -0.15) is 10.4 Å². The molecule has 0 aliphatic heterocycles. The highest BCUT2D eigenvalue weighted by Crippen LogP contribution is 2.39. The van der Waals surface area contributed by atoms with Gasteiger partial charge in [-0.25, -0.2) is 10.2 Å². The first-order valence-electron chi connectivity index (χ1n) is 13.6. The minimum atomic E-state index is -0.673. The van der Waals surface area contributed by atoms with E-state index in [1.807, 2.05) is 36.4 Å². The highest BCUT2D eigenvalue weighted by Gasteiger charge is 2.21. The molecule has 0 radical (unpaired) electrons. The van der Waals surface area contributed by atoms with Crippen LogP contribution >= 0.6 is 0 Å². The lowest BCUT2D eigenvalue weighted by Gasteiger charge is -2.14. The molecule has 0 fully saturated rings. The van der Waals surface area contributed by atoms with Crippen molar-refractivity contribution < 1.29 is 33.3 Å². The smallest absolute Gasteiger partial charge is 0.343 e. The molecule has 0 spiro atoms. The van der Waals surface area contributed by atoms with E-state index in [2.05, 4.69) is 21.6 Å². The minimum Gasteiger partial charge on any atom is -0.493 e. The van der Waals surface area contributed by atoms with Crippen LogP contribution in [0.1, 0.15) is 32.0 Å². The molecule has 11 nitrogen and oxygen atoms in total. The van der Waals surface area contributed by atoms with Gasteiger partial charge in [0, 0.05) is 10.9 Å². The normalized spacial score (nSPS) is 10.7. The number of carbonyl (C=O) groups excluding carboxylic acids is 2. The SMILES string of the molecule is COc1cc(C=NNC(=O)c2[nH]c3c(C#N)cccc3c2-c2ccccc2)ccc1OC(=O)c1cc(OC)c(OC)c(OC)c1. The van der Waals surface area contributed by atoms with Crippen molar-refractivity contribution in [3.05, 3.63) is 101 Å². The summed E-state index contributed by atoms with van der Waals surface area (Å²) < 4.78 is 27.0. The van der Waals surface area contributed by atoms with E-state index in [0.29, 0.717) is 39.5 Å². The highest BCUT2D eigenvalue weighted by molar-refractivity contribution is 6.10. The number of hydrazone groups is 1. The van der Waals surface area contributed by atoms with Crippen LogP contribution in [-0.2, 0) is 0 Å². The van der Waals surface area contributed by atoms with Crippen LogP contribution in [0.3, 0.4) is 0 Å². The number of rotatable bonds is 10. The predicted molar refractivity (Wildman–Crippen MR) is 168 cm³/mol. The first kappa shape index (κ1) is 30.2. The highest BCUT2D eigenvalue weighted by atomic mass is 16.6. The average Bonchev–Trinajstić information content (AvgIpc) is 3.48. The van der Waals surface area contributed by atoms with Gasteiger partial charge in [0.05, 0.1) is 51.3 Å². The fraction of sp³-hybridized carbons (Fsp3) is 0.118. The summed E-state index contributed by atoms with van der Waals surface area (Å²) >= 11 is 0. The number of para-hydroxylation sites is 1. The van der Waals surface area contributed by atoms with Crippen molar-refractivity contribution in [3.63, 3.8) is 0 Å². The zero-order valence-electron chi connectivity index (χ0n) is 24.8. The van der Waals surface area contributed by atoms with Crippen molar-refractivity contribution in [1.82, 2.24) is 10.4 Å². The molecule has 5 aromatic rings. The molecule has 11 heteroatoms. The van der Waals surface area contributed by atoms with Gasteiger partial charge in [-0.1, -0.05) is 42.5 Å². The molecule has 0 aliphatic rings. The number of nitrogens with zero attached hydrogens (tertiary/aromatic N) is 2. The first-order chi connectivity index (χ1) is 21.9. The standard InChI is InChI=1S/C34H28N4O7/c1-41-26-15-20(13-14-25(26)45-34(40)23-16-27(42-2)32(44-4)28(17-23)43-3)19-36-38-33(39)31-29(21-9-6-5-7-10-21)24-12-8-11-22(18-35)30(24)37-31/h5-17,19,37H,1-4H3,(H,38,39). The Balaban J connectivity index is 1.36. The van der Waals surface area contributed by atoms with Crippen LogP contribution in [0.2, 0.25) is 0 Å². The molecule has 1 amide bonds. The van der Waals surface area contributed by atoms with Crippen molar-refractivity contribution in [1.29, 1.82) is 5.26 Å². The van der Waals surface area contributed by atoms with E-state index < -0.39 is 11.9 Å². The van der Waals surface area contributed by atoms with Gasteiger partial charge in [0.25, 0.3) is 5.91 Å². The monoisotopic (exact) mass is 604 g/mol. The number of amides is 1. The van der Waals surface area contributed by atoms with E-state index in [0.717, 1.165) is 10.9 Å². The van der Waals surface area contributed by atoms with E-state index in [-0.39, 0.29) is 22.8 Å². The second-order valence-electron chi connectivity index (χ2n) is 9.49. The quantitative estimate of drug-likeness (QED) is 0.0891. The van der Waals surface area contributed by atoms with Crippen LogP contribution in [0.15, 0.2) is 84.0 Å². The zero-order valence-corrected chi connectivity index (χ0v) is 24.8. The van der Waals surface area contributed by atoms with Crippen LogP contribution in [0.5, 0.6) is 28.7 Å². The number of esters is 1. The summed E-state index contributed by atoms with van der Waals surface area (Å²) in [4.78, 5) is 29.4. The van der Waals surface area contributed by atoms with Gasteiger partial charge >= 0.3 is 5.97 Å². The first-order valence-corrected chi connectivity index (χ1v) is 13.6. The molecule has 0 unspecified atom stereocenters. The summed E-state index contributed by atoms with van der Waals surface area (Å²) in [6.45, 7) is 0. The maximum atomic E-state index is 13.3. The van der Waals surface area contributed by atoms with Gasteiger partial charge in [-0.3, -0.25) is 4.79 Å². The lowest BCUT2D eigenvalue weighted by molar-refractivity contribution is 0.0728. The summed E-state index contributed by atoms with van der Waals surface area (Å²) in [5, 5.41) is 14.5. The number of hydrogen-bond donors (Lipinski definition) is 2. The average molecular weight is 605 g/mol. The Morgan fingerprint density at radius 1 is 0.822 bits per heavy atom. The van der Waals surface area contributed by atoms with Crippen LogP contribution in [-0.4, -0.2) is 51.5 Å². The molecule has 1 aromatic heterocycles. The Morgan fingerprint density at radius 3 is 2.18 bits per heavy atom. The van der Waals surface area contributed by atoms with Gasteiger partial charge in [0.2, 0.25) is 5.75 Å². The lowest BCUT2D eigenvalue weighted by Crippen LogP contribution is -2.18. The van der Waals surface area contributed by atoms with Gasteiger partial charge in [-0.15, -0.1) is 0 Å². The number of hydrogen-bond acceptors (Lipinski definition) is 9. The predicted octanol–water partition coefficient (Wildman–Crippen LogP) is 5.72. The van der Waals surface area contributed by atoms with Crippen molar-refractivity contribution in [3.8, 4) is 45.9 Å². The van der Waals surface area contributed by atoms with Crippen LogP contribution in [0.4, 0.5) is 0 Å². The molecule has 0 atom stereocenters. The number of ether oxygens (including phenoxy) is 5. The third kappa shape index (κ3) is 6.11. The second kappa shape index (κ2) is 13.4. The summed E-state index contributed by atoms with van der Waals surface area (Å²) in [7, 11) is 5.80. The van der Waals surface area contributed by atoms with Crippen LogP contribution < -0.4 is 29.1 Å². The number of benzene rings is 4. The van der Waals surface area contributed by atoms with Crippen molar-refractivity contribution >= 4 is 29.0 Å². The van der Waals surface area contributed by atoms with Crippen LogP contribution in [0.25, 0.3) is 22.0 Å². The number of aromatic nitrogens is 1. The summed E-state index contributed by atoms with van der Waals surface area (Å²) in [6, 6.07) is 24.7. The number of methoxy groups -OCH3 is 4. The molecular formula is C34H28N4O7. The summed E-state index contributed by atoms with van der Waals surface area (Å²) in [6.07, 6.45) is 1.43. The van der Waals surface area contributed by atoms with Gasteiger partial charge in [-0.05, 0) is 47.5 Å². The molecule has 4 aromatic carbocycles. The topological polar surface area (TPSA) is 144 Å². The van der Waals surface area contributed by atoms with Crippen molar-refractivity contribution in [2.75, 3.05) is 28.4 Å². The maximum absolute atomic E-state index is 13.3. The third-order valence-electron chi connectivity index (χ3n) is 6.91. The van der Waals surface area contributed by atoms with Gasteiger partial charge < -0.3 is 28.7 Å². The van der Waals surface area contributed by atoms with Gasteiger partial charge in [0.1, 0.15) is 11.8 Å². The molecule has 45 heavy (non-hydrogen) atoms. The minimum absolute atomic E-state index is 0.163. The van der Waals surface area contributed by atoms with E-state index in [9.17, 15) is 14.9 Å². The number of fused-ring (bicyclic) bond motifs is 1. The van der Waals surface area contributed by atoms with Crippen molar-refractivity contribution in [2.45, 2.75) is 0 Å². The second-order valence-corrected chi connectivity index (χ2v) is 9.49. The van der Waals surface area contributed by atoms with E-state index in [1.165, 1.54) is 46.8 Å². The van der Waals surface area contributed by atoms with Crippen LogP contribution in [0, 0.1) is 11.3 Å². The summed E-state index contributed by atoms with van der Waals surface area (Å²) in [5.41, 5.74) is 6.01. The van der Waals surface area contributed by atoms with E-state index >= 15 is 0 Å². The molecule has 0 aliphatic carbocycles. The fourth-order valence-electron chi connectivity index (χ4n) is 4.81. The molecule has 0 bridgehead atoms. The van der Waals surface area contributed by atoms with Crippen molar-refractivity contribution in [2.24, 2.45) is 5.10 Å². The Hall–Kier alpha value is -6.28. The summed E-state index contributed by atoms with van der Waals surface area (Å²) in [5.74, 6) is 0.212. The lowest BCUT2D eigenvalue weighted by atomic mass is 10.0. The zero-order chi connectivity index (χ0) is 31.9. The Labute approximate surface area is 258 Å². The molecule has 2 N–H and O–H groups in total. The van der Waals surface area contributed by atoms with E-state index in [4.69, 9.17) is 23.7 Å². The Bertz CT molecular complexity index is 1930. The maximum Gasteiger partial charge on any atom is 0.343 e. The molecular weight excluding hydrogens is 576 g/mol. The van der Waals surface area contributed by atoms with Gasteiger partial charge in [0.15, 0.2) is 23.0 Å². The Kier molecular flexibility index (Phi) is 8.96. The number of nitriles is 1. The molecule has 0 saturated heterocycles.